The van der Waals surface area contributed by atoms with E-state index in [1.165, 1.54) is 11.3 Å². The number of carbonyl (C=O) groups excluding carboxylic acids is 1. The lowest BCUT2D eigenvalue weighted by atomic mass is 10.0. The van der Waals surface area contributed by atoms with Gasteiger partial charge in [-0.2, -0.15) is 0 Å². The zero-order valence-corrected chi connectivity index (χ0v) is 15.5. The maximum absolute atomic E-state index is 12.3. The number of carbonyl (C=O) groups is 1. The number of rotatable bonds is 6. The highest BCUT2D eigenvalue weighted by Gasteiger charge is 2.12. The highest BCUT2D eigenvalue weighted by molar-refractivity contribution is 7.13. The molecule has 6 heteroatoms. The summed E-state index contributed by atoms with van der Waals surface area (Å²) in [7, 11) is 0. The van der Waals surface area contributed by atoms with Gasteiger partial charge in [-0.15, -0.1) is 11.3 Å². The molecular formula is C20H21N3O2S. The summed E-state index contributed by atoms with van der Waals surface area (Å²) < 4.78 is 5.75. The van der Waals surface area contributed by atoms with Crippen LogP contribution in [0.2, 0.25) is 0 Å². The number of thiazole rings is 1. The zero-order chi connectivity index (χ0) is 18.5. The largest absolute Gasteiger partial charge is 0.483 e. The van der Waals surface area contributed by atoms with Crippen molar-refractivity contribution in [2.75, 3.05) is 17.7 Å². The minimum absolute atomic E-state index is 0.0803. The van der Waals surface area contributed by atoms with E-state index in [1.54, 1.807) is 0 Å². The summed E-state index contributed by atoms with van der Waals surface area (Å²) in [4.78, 5) is 16.6. The third-order valence-electron chi connectivity index (χ3n) is 3.90. The van der Waals surface area contributed by atoms with Crippen LogP contribution in [0.5, 0.6) is 5.75 Å². The standard InChI is InChI=1S/C20H21N3O2S/c1-13(2)14-7-3-5-9-16(14)22-19(24)11-25-18-10-6-4-8-15(18)17-12-26-20(21)23-17/h3-10,12-13H,11H2,1-2H3,(H2,21,23)(H,22,24). The van der Waals surface area contributed by atoms with Crippen LogP contribution in [0.4, 0.5) is 10.8 Å². The van der Waals surface area contributed by atoms with E-state index in [4.69, 9.17) is 10.5 Å². The number of benzene rings is 2. The van der Waals surface area contributed by atoms with Crippen molar-refractivity contribution in [2.45, 2.75) is 19.8 Å². The predicted octanol–water partition coefficient (Wildman–Crippen LogP) is 4.53. The van der Waals surface area contributed by atoms with Gasteiger partial charge in [0.1, 0.15) is 5.75 Å². The highest BCUT2D eigenvalue weighted by Crippen LogP contribution is 2.31. The summed E-state index contributed by atoms with van der Waals surface area (Å²) in [6.45, 7) is 4.11. The number of hydrogen-bond acceptors (Lipinski definition) is 5. The van der Waals surface area contributed by atoms with Crippen molar-refractivity contribution in [1.82, 2.24) is 4.98 Å². The molecular weight excluding hydrogens is 346 g/mol. The van der Waals surface area contributed by atoms with Crippen LogP contribution in [0, 0.1) is 0 Å². The molecule has 3 rings (SSSR count). The molecule has 0 saturated heterocycles. The third kappa shape index (κ3) is 4.21. The summed E-state index contributed by atoms with van der Waals surface area (Å²) >= 11 is 1.37. The van der Waals surface area contributed by atoms with Crippen molar-refractivity contribution >= 4 is 28.1 Å². The second kappa shape index (κ2) is 8.01. The van der Waals surface area contributed by atoms with Gasteiger partial charge in [-0.25, -0.2) is 4.98 Å². The Hall–Kier alpha value is -2.86. The topological polar surface area (TPSA) is 77.2 Å². The summed E-state index contributed by atoms with van der Waals surface area (Å²) in [5.74, 6) is 0.721. The second-order valence-electron chi connectivity index (χ2n) is 6.15. The van der Waals surface area contributed by atoms with Crippen molar-refractivity contribution in [3.05, 3.63) is 59.5 Å². The fourth-order valence-electron chi connectivity index (χ4n) is 2.66. The SMILES string of the molecule is CC(C)c1ccccc1NC(=O)COc1ccccc1-c1csc(N)n1. The molecule has 0 bridgehead atoms. The van der Waals surface area contributed by atoms with E-state index in [1.807, 2.05) is 53.9 Å². The maximum atomic E-state index is 12.3. The Morgan fingerprint density at radius 2 is 1.92 bits per heavy atom. The van der Waals surface area contributed by atoms with Gasteiger partial charge < -0.3 is 15.8 Å². The number of aromatic nitrogens is 1. The molecule has 0 aliphatic heterocycles. The Morgan fingerprint density at radius 3 is 2.65 bits per heavy atom. The first-order valence-electron chi connectivity index (χ1n) is 8.36. The van der Waals surface area contributed by atoms with E-state index in [0.29, 0.717) is 16.8 Å². The monoisotopic (exact) mass is 367 g/mol. The number of para-hydroxylation sites is 2. The van der Waals surface area contributed by atoms with Crippen molar-refractivity contribution in [1.29, 1.82) is 0 Å². The van der Waals surface area contributed by atoms with E-state index < -0.39 is 0 Å². The number of nitrogen functional groups attached to an aromatic ring is 1. The molecule has 0 fully saturated rings. The van der Waals surface area contributed by atoms with Gasteiger partial charge in [-0.1, -0.05) is 44.2 Å². The van der Waals surface area contributed by atoms with Crippen LogP contribution in [0.15, 0.2) is 53.9 Å². The molecule has 0 saturated carbocycles. The molecule has 0 aliphatic carbocycles. The van der Waals surface area contributed by atoms with Gasteiger partial charge in [0, 0.05) is 16.6 Å². The van der Waals surface area contributed by atoms with Crippen molar-refractivity contribution in [3.8, 4) is 17.0 Å². The number of nitrogens with two attached hydrogens (primary N) is 1. The number of anilines is 2. The molecule has 0 unspecified atom stereocenters. The number of nitrogens with one attached hydrogen (secondary N) is 1. The average Bonchev–Trinajstić information content (AvgIpc) is 3.07. The molecule has 1 heterocycles. The van der Waals surface area contributed by atoms with Gasteiger partial charge in [0.15, 0.2) is 11.7 Å². The summed E-state index contributed by atoms with van der Waals surface area (Å²) in [5.41, 5.74) is 9.19. The lowest BCUT2D eigenvalue weighted by Crippen LogP contribution is -2.21. The molecule has 2 aromatic carbocycles. The first-order chi connectivity index (χ1) is 12.5. The first-order valence-corrected chi connectivity index (χ1v) is 9.24. The van der Waals surface area contributed by atoms with Crippen LogP contribution >= 0.6 is 11.3 Å². The van der Waals surface area contributed by atoms with Gasteiger partial charge in [0.2, 0.25) is 0 Å². The van der Waals surface area contributed by atoms with Crippen LogP contribution in [-0.2, 0) is 4.79 Å². The van der Waals surface area contributed by atoms with Gasteiger partial charge in [-0.3, -0.25) is 4.79 Å². The number of ether oxygens (including phenoxy) is 1. The Labute approximate surface area is 156 Å². The second-order valence-corrected chi connectivity index (χ2v) is 7.04. The molecule has 3 aromatic rings. The van der Waals surface area contributed by atoms with Crippen LogP contribution in [0.25, 0.3) is 11.3 Å². The van der Waals surface area contributed by atoms with Gasteiger partial charge in [0.25, 0.3) is 5.91 Å². The normalized spacial score (nSPS) is 10.7. The van der Waals surface area contributed by atoms with Crippen molar-refractivity contribution in [3.63, 3.8) is 0 Å². The number of hydrogen-bond donors (Lipinski definition) is 2. The van der Waals surface area contributed by atoms with E-state index in [2.05, 4.69) is 24.1 Å². The fraction of sp³-hybridized carbons (Fsp3) is 0.200. The molecule has 1 aromatic heterocycles. The maximum Gasteiger partial charge on any atom is 0.262 e. The smallest absolute Gasteiger partial charge is 0.262 e. The molecule has 3 N–H and O–H groups in total. The average molecular weight is 367 g/mol. The first kappa shape index (κ1) is 17.9. The molecule has 0 radical (unpaired) electrons. The molecule has 5 nitrogen and oxygen atoms in total. The lowest BCUT2D eigenvalue weighted by Gasteiger charge is -2.14. The van der Waals surface area contributed by atoms with Gasteiger partial charge in [-0.05, 0) is 29.7 Å². The van der Waals surface area contributed by atoms with Gasteiger partial charge in [0.05, 0.1) is 5.69 Å². The minimum Gasteiger partial charge on any atom is -0.483 e. The molecule has 134 valence electrons. The highest BCUT2D eigenvalue weighted by atomic mass is 32.1. The fourth-order valence-corrected chi connectivity index (χ4v) is 3.22. The van der Waals surface area contributed by atoms with E-state index in [0.717, 1.165) is 22.5 Å². The summed E-state index contributed by atoms with van der Waals surface area (Å²) in [5, 5.41) is 5.30. The molecule has 26 heavy (non-hydrogen) atoms. The Balaban J connectivity index is 1.69. The number of nitrogens with zero attached hydrogens (tertiary/aromatic N) is 1. The quantitative estimate of drug-likeness (QED) is 0.671. The third-order valence-corrected chi connectivity index (χ3v) is 4.57. The predicted molar refractivity (Wildman–Crippen MR) is 107 cm³/mol. The van der Waals surface area contributed by atoms with E-state index >= 15 is 0 Å². The van der Waals surface area contributed by atoms with Crippen LogP contribution in [-0.4, -0.2) is 17.5 Å². The zero-order valence-electron chi connectivity index (χ0n) is 14.7. The Morgan fingerprint density at radius 1 is 1.19 bits per heavy atom. The van der Waals surface area contributed by atoms with E-state index in [-0.39, 0.29) is 12.5 Å². The summed E-state index contributed by atoms with van der Waals surface area (Å²) in [6, 6.07) is 15.3. The van der Waals surface area contributed by atoms with Crippen molar-refractivity contribution < 1.29 is 9.53 Å². The van der Waals surface area contributed by atoms with Crippen LogP contribution in [0.3, 0.4) is 0 Å². The molecule has 1 amide bonds. The van der Waals surface area contributed by atoms with E-state index in [9.17, 15) is 4.79 Å². The number of amides is 1. The van der Waals surface area contributed by atoms with Crippen LogP contribution in [0.1, 0.15) is 25.3 Å². The molecule has 0 spiro atoms. The van der Waals surface area contributed by atoms with Crippen molar-refractivity contribution in [2.24, 2.45) is 0 Å². The lowest BCUT2D eigenvalue weighted by molar-refractivity contribution is -0.118. The Kier molecular flexibility index (Phi) is 5.53. The summed E-state index contributed by atoms with van der Waals surface area (Å²) in [6.07, 6.45) is 0. The molecule has 0 aliphatic rings. The van der Waals surface area contributed by atoms with Gasteiger partial charge >= 0.3 is 0 Å². The van der Waals surface area contributed by atoms with Crippen LogP contribution < -0.4 is 15.8 Å². The minimum atomic E-state index is -0.203. The molecule has 0 atom stereocenters. The Bertz CT molecular complexity index is 905.